The molecule has 0 unspecified atom stereocenters. The zero-order chi connectivity index (χ0) is 11.3. The monoisotopic (exact) mass is 270 g/mol. The zero-order valence-electron chi connectivity index (χ0n) is 9.17. The van der Waals surface area contributed by atoms with Crippen LogP contribution in [0.1, 0.15) is 32.8 Å². The molecule has 0 aromatic heterocycles. The minimum Gasteiger partial charge on any atom is -0.487 e. The molecule has 0 bridgehead atoms. The van der Waals surface area contributed by atoms with Crippen molar-refractivity contribution in [3.05, 3.63) is 28.2 Å². The molecule has 1 aliphatic heterocycles. The van der Waals surface area contributed by atoms with E-state index in [9.17, 15) is 5.11 Å². The highest BCUT2D eigenvalue weighted by Gasteiger charge is 2.40. The first-order valence-corrected chi connectivity index (χ1v) is 5.81. The van der Waals surface area contributed by atoms with E-state index in [-0.39, 0.29) is 5.60 Å². The highest BCUT2D eigenvalue weighted by atomic mass is 79.9. The van der Waals surface area contributed by atoms with Gasteiger partial charge < -0.3 is 9.84 Å². The maximum absolute atomic E-state index is 10.4. The molecular weight excluding hydrogens is 256 g/mol. The van der Waals surface area contributed by atoms with Crippen molar-refractivity contribution in [1.82, 2.24) is 0 Å². The largest absolute Gasteiger partial charge is 0.487 e. The molecule has 0 aliphatic carbocycles. The molecule has 3 heteroatoms. The molecule has 0 spiro atoms. The third-order valence-corrected chi connectivity index (χ3v) is 3.17. The number of ether oxygens (including phenoxy) is 1. The molecule has 2 rings (SSSR count). The van der Waals surface area contributed by atoms with E-state index in [1.807, 2.05) is 39.0 Å². The van der Waals surface area contributed by atoms with Crippen LogP contribution in [0.15, 0.2) is 22.7 Å². The fourth-order valence-corrected chi connectivity index (χ4v) is 2.63. The highest BCUT2D eigenvalue weighted by Crippen LogP contribution is 2.43. The highest BCUT2D eigenvalue weighted by molar-refractivity contribution is 9.10. The summed E-state index contributed by atoms with van der Waals surface area (Å²) in [7, 11) is 0. The summed E-state index contributed by atoms with van der Waals surface area (Å²) < 4.78 is 6.79. The number of halogens is 1. The molecule has 0 radical (unpaired) electrons. The van der Waals surface area contributed by atoms with Crippen LogP contribution in [-0.4, -0.2) is 10.7 Å². The zero-order valence-corrected chi connectivity index (χ0v) is 10.8. The van der Waals surface area contributed by atoms with Crippen LogP contribution in [0.5, 0.6) is 5.75 Å². The molecule has 0 amide bonds. The molecule has 1 aromatic carbocycles. The van der Waals surface area contributed by atoms with E-state index in [4.69, 9.17) is 4.74 Å². The van der Waals surface area contributed by atoms with Crippen molar-refractivity contribution in [3.8, 4) is 5.75 Å². The van der Waals surface area contributed by atoms with Crippen molar-refractivity contribution >= 4 is 15.9 Å². The lowest BCUT2D eigenvalue weighted by Crippen LogP contribution is -2.42. The lowest BCUT2D eigenvalue weighted by Gasteiger charge is -2.41. The summed E-state index contributed by atoms with van der Waals surface area (Å²) in [6.45, 7) is 5.82. The predicted octanol–water partition coefficient (Wildman–Crippen LogP) is 3.22. The van der Waals surface area contributed by atoms with Crippen LogP contribution in [-0.2, 0) is 5.60 Å². The van der Waals surface area contributed by atoms with Gasteiger partial charge in [-0.2, -0.15) is 0 Å². The van der Waals surface area contributed by atoms with Crippen molar-refractivity contribution in [3.63, 3.8) is 0 Å². The Hall–Kier alpha value is -0.540. The van der Waals surface area contributed by atoms with Crippen LogP contribution < -0.4 is 4.74 Å². The molecule has 1 aromatic rings. The van der Waals surface area contributed by atoms with Crippen molar-refractivity contribution in [2.45, 2.75) is 38.4 Å². The standard InChI is InChI=1S/C12H15BrO2/c1-11(2)7-12(3,14)9-6-8(13)4-5-10(9)15-11/h4-6,14H,7H2,1-3H3/t12-/m1/s1. The Kier molecular flexibility index (Phi) is 2.36. The van der Waals surface area contributed by atoms with E-state index in [1.54, 1.807) is 0 Å². The molecule has 1 atom stereocenters. The lowest BCUT2D eigenvalue weighted by atomic mass is 9.82. The van der Waals surface area contributed by atoms with Gasteiger partial charge in [-0.3, -0.25) is 0 Å². The normalized spacial score (nSPS) is 28.1. The van der Waals surface area contributed by atoms with E-state index in [0.717, 1.165) is 15.8 Å². The molecule has 2 nitrogen and oxygen atoms in total. The van der Waals surface area contributed by atoms with Crippen molar-refractivity contribution < 1.29 is 9.84 Å². The molecule has 1 N–H and O–H groups in total. The van der Waals surface area contributed by atoms with Gasteiger partial charge in [0.05, 0.1) is 5.60 Å². The smallest absolute Gasteiger partial charge is 0.126 e. The number of rotatable bonds is 0. The van der Waals surface area contributed by atoms with Gasteiger partial charge in [-0.25, -0.2) is 0 Å². The molecule has 82 valence electrons. The van der Waals surface area contributed by atoms with Gasteiger partial charge in [0.15, 0.2) is 0 Å². The Labute approximate surface area is 98.4 Å². The van der Waals surface area contributed by atoms with E-state index in [2.05, 4.69) is 15.9 Å². The van der Waals surface area contributed by atoms with Crippen LogP contribution in [0, 0.1) is 0 Å². The maximum atomic E-state index is 10.4. The minimum atomic E-state index is -0.819. The Balaban J connectivity index is 2.55. The quantitative estimate of drug-likeness (QED) is 0.785. The van der Waals surface area contributed by atoms with Gasteiger partial charge in [0.25, 0.3) is 0 Å². The molecule has 1 heterocycles. The average Bonchev–Trinajstić information content (AvgIpc) is 2.03. The molecule has 0 fully saturated rings. The second-order valence-electron chi connectivity index (χ2n) is 4.95. The summed E-state index contributed by atoms with van der Waals surface area (Å²) in [4.78, 5) is 0. The topological polar surface area (TPSA) is 29.5 Å². The van der Waals surface area contributed by atoms with E-state index in [0.29, 0.717) is 6.42 Å². The fourth-order valence-electron chi connectivity index (χ4n) is 2.27. The summed E-state index contributed by atoms with van der Waals surface area (Å²) in [5.74, 6) is 0.777. The SMILES string of the molecule is CC1(C)C[C@@](C)(O)c2cc(Br)ccc2O1. The Bertz CT molecular complexity index is 397. The van der Waals surface area contributed by atoms with Crippen molar-refractivity contribution in [2.24, 2.45) is 0 Å². The third-order valence-electron chi connectivity index (χ3n) is 2.68. The van der Waals surface area contributed by atoms with Gasteiger partial charge in [0, 0.05) is 16.5 Å². The average molecular weight is 271 g/mol. The van der Waals surface area contributed by atoms with Crippen molar-refractivity contribution in [1.29, 1.82) is 0 Å². The first kappa shape index (κ1) is 11.0. The Morgan fingerprint density at radius 1 is 1.33 bits per heavy atom. The first-order chi connectivity index (χ1) is 6.80. The van der Waals surface area contributed by atoms with E-state index in [1.165, 1.54) is 0 Å². The minimum absolute atomic E-state index is 0.315. The van der Waals surface area contributed by atoms with Crippen LogP contribution in [0.3, 0.4) is 0 Å². The van der Waals surface area contributed by atoms with Crippen molar-refractivity contribution in [2.75, 3.05) is 0 Å². The number of fused-ring (bicyclic) bond motifs is 1. The fraction of sp³-hybridized carbons (Fsp3) is 0.500. The second kappa shape index (κ2) is 3.22. The summed E-state index contributed by atoms with van der Waals surface area (Å²) in [6, 6.07) is 5.75. The van der Waals surface area contributed by atoms with Crippen LogP contribution in [0.4, 0.5) is 0 Å². The lowest BCUT2D eigenvalue weighted by molar-refractivity contribution is -0.0518. The Morgan fingerprint density at radius 3 is 2.67 bits per heavy atom. The van der Waals surface area contributed by atoms with Gasteiger partial charge in [0.1, 0.15) is 11.4 Å². The molecule has 1 aliphatic rings. The first-order valence-electron chi connectivity index (χ1n) is 5.02. The summed E-state index contributed by atoms with van der Waals surface area (Å²) >= 11 is 3.40. The van der Waals surface area contributed by atoms with Crippen LogP contribution in [0.2, 0.25) is 0 Å². The number of hydrogen-bond acceptors (Lipinski definition) is 2. The number of aliphatic hydroxyl groups is 1. The number of hydrogen-bond donors (Lipinski definition) is 1. The molecular formula is C12H15BrO2. The van der Waals surface area contributed by atoms with Gasteiger partial charge in [-0.15, -0.1) is 0 Å². The second-order valence-corrected chi connectivity index (χ2v) is 5.87. The molecule has 0 saturated carbocycles. The summed E-state index contributed by atoms with van der Waals surface area (Å²) in [6.07, 6.45) is 0.601. The van der Waals surface area contributed by atoms with E-state index < -0.39 is 5.60 Å². The van der Waals surface area contributed by atoms with Gasteiger partial charge in [-0.05, 0) is 39.0 Å². The summed E-state index contributed by atoms with van der Waals surface area (Å²) in [5, 5.41) is 10.4. The molecule has 0 saturated heterocycles. The van der Waals surface area contributed by atoms with Gasteiger partial charge in [-0.1, -0.05) is 15.9 Å². The third kappa shape index (κ3) is 2.04. The molecule has 15 heavy (non-hydrogen) atoms. The maximum Gasteiger partial charge on any atom is 0.126 e. The number of benzene rings is 1. The van der Waals surface area contributed by atoms with E-state index >= 15 is 0 Å². The predicted molar refractivity (Wildman–Crippen MR) is 63.0 cm³/mol. The summed E-state index contributed by atoms with van der Waals surface area (Å²) in [5.41, 5.74) is -0.276. The Morgan fingerprint density at radius 2 is 2.00 bits per heavy atom. The van der Waals surface area contributed by atoms with Gasteiger partial charge in [0.2, 0.25) is 0 Å². The van der Waals surface area contributed by atoms with Crippen LogP contribution in [0.25, 0.3) is 0 Å². The van der Waals surface area contributed by atoms with Crippen LogP contribution >= 0.6 is 15.9 Å². The van der Waals surface area contributed by atoms with Gasteiger partial charge >= 0.3 is 0 Å².